The van der Waals surface area contributed by atoms with E-state index in [-0.39, 0.29) is 23.4 Å². The number of hydrogen-bond donors (Lipinski definition) is 2. The SMILES string of the molecule is O=C(CCSCSCCC[S+]([O-])CCSCSCCSC(=O)CCSCSCCC[S+]([O-])CCO)SCCO. The molecule has 0 aliphatic heterocycles. The van der Waals surface area contributed by atoms with E-state index in [0.29, 0.717) is 30.1 Å². The molecular formula is C23H44O6S10. The van der Waals surface area contributed by atoms with Crippen molar-refractivity contribution in [3.63, 3.8) is 0 Å². The molecule has 0 spiro atoms. The molecule has 2 atom stereocenters. The maximum atomic E-state index is 12.1. The summed E-state index contributed by atoms with van der Waals surface area (Å²) in [6.45, 7) is 0.0377. The Labute approximate surface area is 276 Å². The molecule has 0 aromatic heterocycles. The number of thioether (sulfide) groups is 8. The minimum atomic E-state index is -0.894. The molecule has 0 aromatic rings. The highest BCUT2D eigenvalue weighted by molar-refractivity contribution is 8.18. The summed E-state index contributed by atoms with van der Waals surface area (Å²) in [6, 6.07) is 0. The van der Waals surface area contributed by atoms with E-state index in [1.807, 2.05) is 47.0 Å². The molecule has 0 rings (SSSR count). The number of rotatable bonds is 30. The number of aliphatic hydroxyl groups excluding tert-OH is 2. The minimum absolute atomic E-state index is 0.00868. The van der Waals surface area contributed by atoms with Crippen molar-refractivity contribution in [1.82, 2.24) is 0 Å². The normalized spacial score (nSPS) is 13.0. The Morgan fingerprint density at radius 1 is 0.513 bits per heavy atom. The van der Waals surface area contributed by atoms with Crippen molar-refractivity contribution in [2.75, 3.05) is 97.5 Å². The molecule has 0 saturated heterocycles. The molecule has 0 aromatic carbocycles. The van der Waals surface area contributed by atoms with Gasteiger partial charge in [-0.3, -0.25) is 9.59 Å². The molecule has 0 amide bonds. The maximum absolute atomic E-state index is 12.1. The molecule has 2 N–H and O–H groups in total. The van der Waals surface area contributed by atoms with Crippen LogP contribution in [0.5, 0.6) is 0 Å². The molecule has 0 saturated carbocycles. The van der Waals surface area contributed by atoms with Gasteiger partial charge in [-0.25, -0.2) is 0 Å². The van der Waals surface area contributed by atoms with E-state index in [9.17, 15) is 18.7 Å². The van der Waals surface area contributed by atoms with Crippen LogP contribution < -0.4 is 0 Å². The fourth-order valence-electron chi connectivity index (χ4n) is 2.46. The van der Waals surface area contributed by atoms with Crippen LogP contribution in [0.25, 0.3) is 0 Å². The van der Waals surface area contributed by atoms with Crippen molar-refractivity contribution in [3.05, 3.63) is 0 Å². The summed E-state index contributed by atoms with van der Waals surface area (Å²) in [5.41, 5.74) is 0. The van der Waals surface area contributed by atoms with Gasteiger partial charge in [0.05, 0.1) is 13.2 Å². The second-order valence-electron chi connectivity index (χ2n) is 7.59. The average molecular weight is 737 g/mol. The zero-order chi connectivity index (χ0) is 28.8. The third-order valence-electron chi connectivity index (χ3n) is 4.34. The molecule has 16 heteroatoms. The van der Waals surface area contributed by atoms with E-state index in [2.05, 4.69) is 0 Å². The van der Waals surface area contributed by atoms with Crippen molar-refractivity contribution in [2.24, 2.45) is 0 Å². The van der Waals surface area contributed by atoms with E-state index in [0.717, 1.165) is 79.9 Å². The van der Waals surface area contributed by atoms with Crippen molar-refractivity contribution in [2.45, 2.75) is 25.7 Å². The molecular weight excluding hydrogens is 693 g/mol. The van der Waals surface area contributed by atoms with E-state index < -0.39 is 22.4 Å². The third-order valence-corrected chi connectivity index (χ3v) is 16.6. The Balaban J connectivity index is 3.32. The van der Waals surface area contributed by atoms with Gasteiger partial charge in [0.1, 0.15) is 23.0 Å². The van der Waals surface area contributed by atoms with Crippen molar-refractivity contribution in [3.8, 4) is 0 Å². The highest BCUT2D eigenvalue weighted by Gasteiger charge is 2.08. The van der Waals surface area contributed by atoms with E-state index >= 15 is 0 Å². The van der Waals surface area contributed by atoms with Crippen LogP contribution in [0.4, 0.5) is 0 Å². The van der Waals surface area contributed by atoms with E-state index in [4.69, 9.17) is 10.2 Å². The molecule has 6 nitrogen and oxygen atoms in total. The van der Waals surface area contributed by atoms with Gasteiger partial charge in [-0.15, -0.1) is 11.8 Å². The average Bonchev–Trinajstić information content (AvgIpc) is 2.92. The first kappa shape index (κ1) is 41.7. The fourth-order valence-corrected chi connectivity index (χ4v) is 13.3. The maximum Gasteiger partial charge on any atom is 0.189 e. The Morgan fingerprint density at radius 3 is 1.51 bits per heavy atom. The lowest BCUT2D eigenvalue weighted by Crippen LogP contribution is -2.14. The van der Waals surface area contributed by atoms with Gasteiger partial charge >= 0.3 is 0 Å². The predicted molar refractivity (Wildman–Crippen MR) is 193 cm³/mol. The monoisotopic (exact) mass is 736 g/mol. The Morgan fingerprint density at radius 2 is 0.974 bits per heavy atom. The summed E-state index contributed by atoms with van der Waals surface area (Å²) in [5.74, 6) is 9.36. The number of hydrogen-bond acceptors (Lipinski definition) is 14. The van der Waals surface area contributed by atoms with Crippen molar-refractivity contribution in [1.29, 1.82) is 0 Å². The summed E-state index contributed by atoms with van der Waals surface area (Å²) in [5, 5.41) is 20.7. The van der Waals surface area contributed by atoms with Gasteiger partial charge in [-0.1, -0.05) is 45.9 Å². The molecule has 39 heavy (non-hydrogen) atoms. The van der Waals surface area contributed by atoms with Gasteiger partial charge in [0.25, 0.3) is 0 Å². The molecule has 2 unspecified atom stereocenters. The lowest BCUT2D eigenvalue weighted by atomic mass is 10.5. The highest BCUT2D eigenvalue weighted by atomic mass is 32.2. The quantitative estimate of drug-likeness (QED) is 0.0596. The van der Waals surface area contributed by atoms with Crippen molar-refractivity contribution >= 4 is 127 Å². The van der Waals surface area contributed by atoms with Gasteiger partial charge in [0.15, 0.2) is 10.2 Å². The van der Waals surface area contributed by atoms with Crippen LogP contribution in [-0.2, 0) is 31.9 Å². The molecule has 0 radical (unpaired) electrons. The van der Waals surface area contributed by atoms with Crippen LogP contribution in [0.1, 0.15) is 25.7 Å². The van der Waals surface area contributed by atoms with Crippen LogP contribution in [0, 0.1) is 0 Å². The van der Waals surface area contributed by atoms with Crippen LogP contribution in [-0.4, -0.2) is 127 Å². The van der Waals surface area contributed by atoms with Gasteiger partial charge in [-0.05, 0) is 11.5 Å². The first-order valence-corrected chi connectivity index (χ1v) is 24.6. The van der Waals surface area contributed by atoms with Crippen molar-refractivity contribution < 1.29 is 28.9 Å². The lowest BCUT2D eigenvalue weighted by molar-refractivity contribution is -0.111. The number of carbonyl (C=O) groups excluding carboxylic acids is 2. The Hall–Kier alpha value is 2.68. The summed E-state index contributed by atoms with van der Waals surface area (Å²) in [7, 11) is 0. The fraction of sp³-hybridized carbons (Fsp3) is 0.913. The number of aliphatic hydroxyl groups is 2. The summed E-state index contributed by atoms with van der Waals surface area (Å²) < 4.78 is 23.5. The summed E-state index contributed by atoms with van der Waals surface area (Å²) in [4.78, 5) is 23.4. The number of carbonyl (C=O) groups is 2. The van der Waals surface area contributed by atoms with Crippen LogP contribution in [0.15, 0.2) is 0 Å². The molecule has 0 heterocycles. The van der Waals surface area contributed by atoms with Crippen LogP contribution in [0.2, 0.25) is 0 Å². The Kier molecular flexibility index (Phi) is 35.9. The molecule has 0 fully saturated rings. The topological polar surface area (TPSA) is 121 Å². The molecule has 0 aliphatic carbocycles. The Bertz CT molecular complexity index is 567. The third kappa shape index (κ3) is 33.4. The van der Waals surface area contributed by atoms with E-state index in [1.165, 1.54) is 23.5 Å². The van der Waals surface area contributed by atoms with E-state index in [1.54, 1.807) is 23.5 Å². The molecule has 0 aliphatic rings. The van der Waals surface area contributed by atoms with Crippen LogP contribution >= 0.6 is 94.1 Å². The lowest BCUT2D eigenvalue weighted by Gasteiger charge is -2.10. The first-order chi connectivity index (χ1) is 19.0. The highest BCUT2D eigenvalue weighted by Crippen LogP contribution is 2.19. The zero-order valence-electron chi connectivity index (χ0n) is 22.5. The minimum Gasteiger partial charge on any atom is -0.616 e. The van der Waals surface area contributed by atoms with Gasteiger partial charge in [-0.2, -0.15) is 58.8 Å². The van der Waals surface area contributed by atoms with Gasteiger partial charge < -0.3 is 19.3 Å². The smallest absolute Gasteiger partial charge is 0.189 e. The van der Waals surface area contributed by atoms with Gasteiger partial charge in [0, 0.05) is 75.5 Å². The van der Waals surface area contributed by atoms with Crippen LogP contribution in [0.3, 0.4) is 0 Å². The zero-order valence-corrected chi connectivity index (χ0v) is 30.6. The molecule has 232 valence electrons. The summed E-state index contributed by atoms with van der Waals surface area (Å²) in [6.07, 6.45) is 3.01. The van der Waals surface area contributed by atoms with Gasteiger partial charge in [0.2, 0.25) is 0 Å². The second kappa shape index (κ2) is 33.6. The standard InChI is InChI=1S/C23H44O6S10/c24-5-11-36-22(26)3-9-32-20-31-8-2-16-39(29)18-14-35-21-34-12-13-37-23(27)4-10-33-19-30-7-1-15-38(28)17-6-25/h24-25H,1-21H2. The second-order valence-corrected chi connectivity index (χ2v) is 21.0. The largest absolute Gasteiger partial charge is 0.616 e. The summed E-state index contributed by atoms with van der Waals surface area (Å²) >= 11 is 11.8. The first-order valence-electron chi connectivity index (χ1n) is 12.7. The predicted octanol–water partition coefficient (Wildman–Crippen LogP) is 4.82. The molecule has 0 bridgehead atoms.